The van der Waals surface area contributed by atoms with Gasteiger partial charge in [-0.1, -0.05) is 13.3 Å². The fraction of sp³-hybridized carbons (Fsp3) is 0.950. The van der Waals surface area contributed by atoms with Crippen molar-refractivity contribution in [2.45, 2.75) is 89.8 Å². The Balaban J connectivity index is 0.00000169. The molecule has 0 aromatic carbocycles. The predicted molar refractivity (Wildman–Crippen MR) is 113 cm³/mol. The van der Waals surface area contributed by atoms with Crippen LogP contribution in [0.3, 0.4) is 0 Å². The van der Waals surface area contributed by atoms with Gasteiger partial charge in [-0.25, -0.2) is 0 Å². The highest BCUT2D eigenvalue weighted by Gasteiger charge is 2.35. The molecule has 4 nitrogen and oxygen atoms in total. The van der Waals surface area contributed by atoms with Crippen LogP contribution in [0.25, 0.3) is 0 Å². The van der Waals surface area contributed by atoms with Gasteiger partial charge in [-0.2, -0.15) is 0 Å². The van der Waals surface area contributed by atoms with E-state index in [4.69, 9.17) is 0 Å². The first-order valence-electron chi connectivity index (χ1n) is 10.2. The van der Waals surface area contributed by atoms with Crippen LogP contribution in [-0.4, -0.2) is 48.1 Å². The second-order valence-corrected chi connectivity index (χ2v) is 9.13. The Morgan fingerprint density at radius 3 is 2.38 bits per heavy atom. The molecule has 0 radical (unpaired) electrons. The number of nitrogens with zero attached hydrogens (tertiary/aromatic N) is 1. The van der Waals surface area contributed by atoms with Crippen molar-refractivity contribution in [2.75, 3.05) is 19.6 Å². The lowest BCUT2D eigenvalue weighted by Gasteiger charge is -2.43. The lowest BCUT2D eigenvalue weighted by Crippen LogP contribution is -2.55. The summed E-state index contributed by atoms with van der Waals surface area (Å²) in [7, 11) is 0. The first-order valence-corrected chi connectivity index (χ1v) is 10.2. The molecule has 3 rings (SSSR count). The van der Waals surface area contributed by atoms with Crippen LogP contribution in [0, 0.1) is 11.8 Å². The van der Waals surface area contributed by atoms with E-state index < -0.39 is 0 Å². The average Bonchev–Trinajstić information content (AvgIpc) is 2.92. The van der Waals surface area contributed by atoms with Gasteiger partial charge in [-0.15, -0.1) is 24.8 Å². The molecule has 2 N–H and O–H groups in total. The second kappa shape index (κ2) is 10.5. The van der Waals surface area contributed by atoms with Gasteiger partial charge < -0.3 is 10.6 Å². The summed E-state index contributed by atoms with van der Waals surface area (Å²) in [6, 6.07) is 1.36. The highest BCUT2D eigenvalue weighted by atomic mass is 35.5. The Morgan fingerprint density at radius 2 is 1.77 bits per heavy atom. The van der Waals surface area contributed by atoms with Crippen molar-refractivity contribution in [2.24, 2.45) is 11.8 Å². The molecule has 0 aliphatic carbocycles. The maximum atomic E-state index is 12.4. The van der Waals surface area contributed by atoms with Crippen molar-refractivity contribution in [1.29, 1.82) is 0 Å². The van der Waals surface area contributed by atoms with Crippen molar-refractivity contribution in [1.82, 2.24) is 15.5 Å². The van der Waals surface area contributed by atoms with Crippen molar-refractivity contribution in [3.8, 4) is 0 Å². The molecule has 3 unspecified atom stereocenters. The summed E-state index contributed by atoms with van der Waals surface area (Å²) in [5, 5.41) is 6.91. The molecule has 0 spiro atoms. The molecule has 154 valence electrons. The fourth-order valence-electron chi connectivity index (χ4n) is 5.05. The van der Waals surface area contributed by atoms with Crippen LogP contribution in [0.1, 0.15) is 72.1 Å². The maximum absolute atomic E-state index is 12.4. The monoisotopic (exact) mass is 407 g/mol. The molecular weight excluding hydrogens is 369 g/mol. The molecule has 3 aliphatic rings. The number of rotatable bonds is 6. The van der Waals surface area contributed by atoms with Gasteiger partial charge in [0.25, 0.3) is 0 Å². The molecule has 3 aliphatic heterocycles. The van der Waals surface area contributed by atoms with E-state index in [1.54, 1.807) is 0 Å². The van der Waals surface area contributed by atoms with E-state index in [2.05, 4.69) is 36.3 Å². The van der Waals surface area contributed by atoms with Gasteiger partial charge in [0.15, 0.2) is 0 Å². The summed E-state index contributed by atoms with van der Waals surface area (Å²) in [5.41, 5.74) is 0.0661. The molecule has 0 aromatic heterocycles. The quantitative estimate of drug-likeness (QED) is 0.703. The third-order valence-corrected chi connectivity index (χ3v) is 6.72. The molecule has 0 aromatic rings. The number of carbonyl (C=O) groups excluding carboxylic acids is 1. The summed E-state index contributed by atoms with van der Waals surface area (Å²) in [4.78, 5) is 15.0. The predicted octanol–water partition coefficient (Wildman–Crippen LogP) is 3.77. The summed E-state index contributed by atoms with van der Waals surface area (Å²) in [6.45, 7) is 10.0. The SMILES string of the molecule is CCC1CCCN(C(C)(C)CNC(=O)CC2CC3CCC(C2)N3)C1.Cl.Cl. The summed E-state index contributed by atoms with van der Waals surface area (Å²) in [5.74, 6) is 1.68. The molecule has 1 amide bonds. The number of fused-ring (bicyclic) bond motifs is 2. The summed E-state index contributed by atoms with van der Waals surface area (Å²) >= 11 is 0. The smallest absolute Gasteiger partial charge is 0.220 e. The Morgan fingerprint density at radius 1 is 1.12 bits per heavy atom. The molecule has 3 fully saturated rings. The van der Waals surface area contributed by atoms with Crippen LogP contribution < -0.4 is 10.6 Å². The van der Waals surface area contributed by atoms with E-state index in [0.29, 0.717) is 18.0 Å². The molecule has 0 saturated carbocycles. The number of hydrogen-bond donors (Lipinski definition) is 2. The van der Waals surface area contributed by atoms with E-state index >= 15 is 0 Å². The summed E-state index contributed by atoms with van der Waals surface area (Å²) in [6.07, 6.45) is 9.67. The lowest BCUT2D eigenvalue weighted by molar-refractivity contribution is -0.123. The van der Waals surface area contributed by atoms with Gasteiger partial charge in [0.1, 0.15) is 0 Å². The third kappa shape index (κ3) is 6.25. The molecule has 26 heavy (non-hydrogen) atoms. The van der Waals surface area contributed by atoms with E-state index in [9.17, 15) is 4.79 Å². The highest BCUT2D eigenvalue weighted by molar-refractivity contribution is 5.85. The largest absolute Gasteiger partial charge is 0.354 e. The minimum absolute atomic E-state index is 0. The minimum Gasteiger partial charge on any atom is -0.354 e. The van der Waals surface area contributed by atoms with Gasteiger partial charge >= 0.3 is 0 Å². The second-order valence-electron chi connectivity index (χ2n) is 9.13. The van der Waals surface area contributed by atoms with Gasteiger partial charge in [0.2, 0.25) is 5.91 Å². The molecule has 3 saturated heterocycles. The van der Waals surface area contributed by atoms with Crippen LogP contribution in [0.5, 0.6) is 0 Å². The van der Waals surface area contributed by atoms with Gasteiger partial charge in [0.05, 0.1) is 0 Å². The molecular formula is C20H39Cl2N3O. The van der Waals surface area contributed by atoms with Crippen LogP contribution >= 0.6 is 24.8 Å². The van der Waals surface area contributed by atoms with Crippen LogP contribution in [0.2, 0.25) is 0 Å². The van der Waals surface area contributed by atoms with Crippen LogP contribution in [0.4, 0.5) is 0 Å². The maximum Gasteiger partial charge on any atom is 0.220 e. The lowest BCUT2D eigenvalue weighted by atomic mass is 9.89. The summed E-state index contributed by atoms with van der Waals surface area (Å²) < 4.78 is 0. The standard InChI is InChI=1S/C20H37N3O.2ClH/c1-4-15-6-5-9-23(13-15)20(2,3)14-21-19(24)12-16-10-17-7-8-18(11-16)22-17;;/h15-18,22H,4-14H2,1-3H3,(H,21,24);2*1H. The number of carbonyl (C=O) groups is 1. The molecule has 2 bridgehead atoms. The highest BCUT2D eigenvalue weighted by Crippen LogP contribution is 2.32. The molecule has 3 heterocycles. The Labute approximate surface area is 172 Å². The van der Waals surface area contributed by atoms with Gasteiger partial charge in [0, 0.05) is 37.1 Å². The average molecular weight is 408 g/mol. The fourth-order valence-corrected chi connectivity index (χ4v) is 5.05. The van der Waals surface area contributed by atoms with E-state index in [1.165, 1.54) is 58.0 Å². The van der Waals surface area contributed by atoms with E-state index in [0.717, 1.165) is 18.9 Å². The number of piperidine rings is 2. The number of halogens is 2. The zero-order valence-corrected chi connectivity index (χ0v) is 18.4. The number of likely N-dealkylation sites (tertiary alicyclic amines) is 1. The van der Waals surface area contributed by atoms with E-state index in [-0.39, 0.29) is 36.3 Å². The van der Waals surface area contributed by atoms with Crippen molar-refractivity contribution < 1.29 is 4.79 Å². The third-order valence-electron chi connectivity index (χ3n) is 6.72. The van der Waals surface area contributed by atoms with Gasteiger partial charge in [-0.05, 0) is 70.8 Å². The van der Waals surface area contributed by atoms with E-state index in [1.807, 2.05) is 0 Å². The zero-order valence-electron chi connectivity index (χ0n) is 16.8. The van der Waals surface area contributed by atoms with Crippen molar-refractivity contribution in [3.63, 3.8) is 0 Å². The first kappa shape index (κ1) is 24.0. The van der Waals surface area contributed by atoms with Crippen LogP contribution in [-0.2, 0) is 4.79 Å². The Kier molecular flexibility index (Phi) is 9.69. The topological polar surface area (TPSA) is 44.4 Å². The van der Waals surface area contributed by atoms with Gasteiger partial charge in [-0.3, -0.25) is 9.69 Å². The number of amides is 1. The number of hydrogen-bond acceptors (Lipinski definition) is 3. The van der Waals surface area contributed by atoms with Crippen molar-refractivity contribution >= 4 is 30.7 Å². The van der Waals surface area contributed by atoms with Crippen molar-refractivity contribution in [3.05, 3.63) is 0 Å². The molecule has 3 atom stereocenters. The molecule has 6 heteroatoms. The van der Waals surface area contributed by atoms with Crippen LogP contribution in [0.15, 0.2) is 0 Å². The Bertz CT molecular complexity index is 435. The minimum atomic E-state index is 0. The zero-order chi connectivity index (χ0) is 17.2. The first-order chi connectivity index (χ1) is 11.5. The number of nitrogens with one attached hydrogen (secondary N) is 2. The Hall–Kier alpha value is -0.0300. The normalized spacial score (nSPS) is 31.7.